The number of nitrogens with zero attached hydrogens (tertiary/aromatic N) is 4. The van der Waals surface area contributed by atoms with Crippen LogP contribution in [0.1, 0.15) is 32.6 Å². The van der Waals surface area contributed by atoms with Crippen molar-refractivity contribution in [2.75, 3.05) is 37.7 Å². The van der Waals surface area contributed by atoms with Crippen molar-refractivity contribution in [3.05, 3.63) is 18.5 Å². The molecule has 3 saturated heterocycles. The normalized spacial score (nSPS) is 29.4. The highest BCUT2D eigenvalue weighted by Crippen LogP contribution is 2.41. The van der Waals surface area contributed by atoms with E-state index in [1.165, 1.54) is 0 Å². The Morgan fingerprint density at radius 3 is 2.86 bits per heavy atom. The number of fused-ring (bicyclic) bond motifs is 4. The van der Waals surface area contributed by atoms with Crippen molar-refractivity contribution in [2.45, 2.75) is 44.7 Å². The van der Waals surface area contributed by atoms with Gasteiger partial charge >= 0.3 is 0 Å². The molecule has 1 N–H and O–H groups in total. The Hall–Kier alpha value is -2.22. The molecule has 4 rings (SSSR count). The van der Waals surface area contributed by atoms with Crippen LogP contribution in [0.15, 0.2) is 18.5 Å². The van der Waals surface area contributed by atoms with E-state index in [9.17, 15) is 9.59 Å². The van der Waals surface area contributed by atoms with Crippen molar-refractivity contribution < 1.29 is 14.3 Å². The summed E-state index contributed by atoms with van der Waals surface area (Å²) in [6.45, 7) is 4.63. The van der Waals surface area contributed by atoms with Crippen molar-refractivity contribution in [2.24, 2.45) is 11.8 Å². The highest BCUT2D eigenvalue weighted by Gasteiger charge is 2.49. The van der Waals surface area contributed by atoms with Crippen LogP contribution in [0.2, 0.25) is 0 Å². The minimum atomic E-state index is -0.121. The molecule has 0 radical (unpaired) electrons. The lowest BCUT2D eigenvalue weighted by Crippen LogP contribution is -2.67. The Morgan fingerprint density at radius 1 is 1.29 bits per heavy atom. The fraction of sp³-hybridized carbons (Fsp3) is 0.700. The average Bonchev–Trinajstić information content (AvgIpc) is 2.73. The van der Waals surface area contributed by atoms with Crippen LogP contribution < -0.4 is 10.2 Å². The van der Waals surface area contributed by atoms with E-state index in [0.717, 1.165) is 38.3 Å². The number of piperidine rings is 3. The van der Waals surface area contributed by atoms with Crippen LogP contribution in [0.4, 0.5) is 5.95 Å². The largest absolute Gasteiger partial charge is 0.372 e. The monoisotopic (exact) mass is 387 g/mol. The van der Waals surface area contributed by atoms with Gasteiger partial charge in [0.15, 0.2) is 0 Å². The van der Waals surface area contributed by atoms with Crippen molar-refractivity contribution in [3.8, 4) is 0 Å². The van der Waals surface area contributed by atoms with E-state index in [0.29, 0.717) is 31.4 Å². The second-order valence-corrected chi connectivity index (χ2v) is 7.98. The van der Waals surface area contributed by atoms with E-state index in [-0.39, 0.29) is 30.5 Å². The molecule has 3 aliphatic heterocycles. The van der Waals surface area contributed by atoms with Gasteiger partial charge in [-0.25, -0.2) is 9.97 Å². The fourth-order valence-corrected chi connectivity index (χ4v) is 5.12. The van der Waals surface area contributed by atoms with Gasteiger partial charge in [-0.15, -0.1) is 0 Å². The van der Waals surface area contributed by atoms with Crippen molar-refractivity contribution in [1.82, 2.24) is 20.2 Å². The topological polar surface area (TPSA) is 87.7 Å². The van der Waals surface area contributed by atoms with Gasteiger partial charge in [0.2, 0.25) is 17.8 Å². The lowest BCUT2D eigenvalue weighted by Gasteiger charge is -2.56. The molecular formula is C20H29N5O3. The molecule has 1 aromatic rings. The number of hydrogen-bond acceptors (Lipinski definition) is 6. The quantitative estimate of drug-likeness (QED) is 0.778. The third-order valence-corrected chi connectivity index (χ3v) is 6.28. The zero-order valence-corrected chi connectivity index (χ0v) is 16.4. The summed E-state index contributed by atoms with van der Waals surface area (Å²) in [5.41, 5.74) is 0. The first-order valence-corrected chi connectivity index (χ1v) is 10.3. The first-order valence-electron chi connectivity index (χ1n) is 10.3. The standard InChI is InChI=1S/C20H29N5O3/c1-2-28-13-18(26)23-10-17-15-9-14(16-5-3-6-19(27)25(16)17)11-24(12-15)20-21-7-4-8-22-20/h4,7-8,14-17H,2-3,5-6,9-13H2,1H3,(H,23,26)/t14-,15+,16+,17+/m1/s1. The van der Waals surface area contributed by atoms with Crippen LogP contribution in [0.5, 0.6) is 0 Å². The molecule has 0 saturated carbocycles. The van der Waals surface area contributed by atoms with Gasteiger partial charge in [-0.2, -0.15) is 0 Å². The maximum Gasteiger partial charge on any atom is 0.246 e. The third kappa shape index (κ3) is 3.83. The first kappa shape index (κ1) is 19.1. The number of amides is 2. The molecule has 28 heavy (non-hydrogen) atoms. The summed E-state index contributed by atoms with van der Waals surface area (Å²) in [4.78, 5) is 38.1. The predicted molar refractivity (Wildman–Crippen MR) is 104 cm³/mol. The molecule has 0 spiro atoms. The molecular weight excluding hydrogens is 358 g/mol. The summed E-state index contributed by atoms with van der Waals surface area (Å²) < 4.78 is 5.20. The van der Waals surface area contributed by atoms with Crippen LogP contribution in [-0.2, 0) is 14.3 Å². The Bertz CT molecular complexity index is 700. The molecule has 4 heterocycles. The van der Waals surface area contributed by atoms with Crippen LogP contribution in [0.3, 0.4) is 0 Å². The van der Waals surface area contributed by atoms with E-state index in [4.69, 9.17) is 4.74 Å². The number of ether oxygens (including phenoxy) is 1. The van der Waals surface area contributed by atoms with Crippen LogP contribution >= 0.6 is 0 Å². The number of anilines is 1. The number of nitrogens with one attached hydrogen (secondary N) is 1. The van der Waals surface area contributed by atoms with Crippen molar-refractivity contribution in [3.63, 3.8) is 0 Å². The molecule has 8 heteroatoms. The summed E-state index contributed by atoms with van der Waals surface area (Å²) in [7, 11) is 0. The summed E-state index contributed by atoms with van der Waals surface area (Å²) in [6, 6.07) is 2.09. The summed E-state index contributed by atoms with van der Waals surface area (Å²) in [6.07, 6.45) is 7.24. The van der Waals surface area contributed by atoms with Gasteiger partial charge in [-0.3, -0.25) is 9.59 Å². The van der Waals surface area contributed by atoms with E-state index >= 15 is 0 Å². The lowest BCUT2D eigenvalue weighted by molar-refractivity contribution is -0.149. The number of rotatable bonds is 6. The highest BCUT2D eigenvalue weighted by molar-refractivity contribution is 5.79. The van der Waals surface area contributed by atoms with Crippen molar-refractivity contribution in [1.29, 1.82) is 0 Å². The van der Waals surface area contributed by atoms with Gasteiger partial charge in [-0.1, -0.05) is 0 Å². The molecule has 3 aliphatic rings. The molecule has 0 aliphatic carbocycles. The second kappa shape index (κ2) is 8.43. The minimum Gasteiger partial charge on any atom is -0.372 e. The summed E-state index contributed by atoms with van der Waals surface area (Å²) in [5.74, 6) is 1.60. The van der Waals surface area contributed by atoms with Gasteiger partial charge in [0, 0.05) is 51.1 Å². The summed E-state index contributed by atoms with van der Waals surface area (Å²) >= 11 is 0. The average molecular weight is 387 g/mol. The van der Waals surface area contributed by atoms with Crippen LogP contribution in [0.25, 0.3) is 0 Å². The van der Waals surface area contributed by atoms with Gasteiger partial charge in [0.05, 0.1) is 6.04 Å². The molecule has 1 aromatic heterocycles. The third-order valence-electron chi connectivity index (χ3n) is 6.28. The fourth-order valence-electron chi connectivity index (χ4n) is 5.12. The molecule has 152 valence electrons. The molecule has 4 atom stereocenters. The first-order chi connectivity index (χ1) is 13.7. The maximum absolute atomic E-state index is 12.8. The molecule has 0 unspecified atom stereocenters. The SMILES string of the molecule is CCOCC(=O)NC[C@H]1[C@H]2C[C@H](CN(c3ncccn3)C2)[C@@H]2CCCC(=O)N21. The zero-order valence-electron chi connectivity index (χ0n) is 16.4. The van der Waals surface area contributed by atoms with E-state index in [1.807, 2.05) is 13.0 Å². The zero-order chi connectivity index (χ0) is 19.5. The van der Waals surface area contributed by atoms with Crippen molar-refractivity contribution >= 4 is 17.8 Å². The lowest BCUT2D eigenvalue weighted by atomic mass is 9.72. The van der Waals surface area contributed by atoms with Crippen LogP contribution in [-0.4, -0.2) is 71.6 Å². The van der Waals surface area contributed by atoms with Gasteiger partial charge < -0.3 is 19.9 Å². The molecule has 8 nitrogen and oxygen atoms in total. The van der Waals surface area contributed by atoms with Gasteiger partial charge in [0.1, 0.15) is 6.61 Å². The van der Waals surface area contributed by atoms with Crippen LogP contribution in [0, 0.1) is 11.8 Å². The minimum absolute atomic E-state index is 0.0196. The molecule has 2 amide bonds. The Morgan fingerprint density at radius 2 is 2.07 bits per heavy atom. The smallest absolute Gasteiger partial charge is 0.246 e. The Balaban J connectivity index is 1.52. The van der Waals surface area contributed by atoms with E-state index in [2.05, 4.69) is 25.1 Å². The molecule has 3 fully saturated rings. The number of carbonyl (C=O) groups excluding carboxylic acids is 2. The summed E-state index contributed by atoms with van der Waals surface area (Å²) in [5, 5.41) is 2.99. The van der Waals surface area contributed by atoms with Gasteiger partial charge in [0.25, 0.3) is 0 Å². The number of hydrogen-bond donors (Lipinski definition) is 1. The van der Waals surface area contributed by atoms with E-state index < -0.39 is 0 Å². The highest BCUT2D eigenvalue weighted by atomic mass is 16.5. The van der Waals surface area contributed by atoms with E-state index in [1.54, 1.807) is 12.4 Å². The number of aromatic nitrogens is 2. The number of carbonyl (C=O) groups is 2. The Kier molecular flexibility index (Phi) is 5.75. The second-order valence-electron chi connectivity index (χ2n) is 7.98. The molecule has 0 aromatic carbocycles. The predicted octanol–water partition coefficient (Wildman–Crippen LogP) is 0.835. The maximum atomic E-state index is 12.8. The Labute approximate surface area is 165 Å². The van der Waals surface area contributed by atoms with Gasteiger partial charge in [-0.05, 0) is 44.1 Å². The molecule has 2 bridgehead atoms.